The maximum Gasteiger partial charge on any atom is 0.138 e. The van der Waals surface area contributed by atoms with Crippen LogP contribution in [0.3, 0.4) is 0 Å². The van der Waals surface area contributed by atoms with Crippen molar-refractivity contribution in [1.82, 2.24) is 0 Å². The van der Waals surface area contributed by atoms with E-state index in [1.54, 1.807) is 0 Å². The number of para-hydroxylation sites is 1. The molecule has 20 heavy (non-hydrogen) atoms. The summed E-state index contributed by atoms with van der Waals surface area (Å²) in [6.07, 6.45) is 2.73. The molecule has 1 N–H and O–H groups in total. The van der Waals surface area contributed by atoms with Crippen LogP contribution >= 0.6 is 0 Å². The zero-order chi connectivity index (χ0) is 13.8. The lowest BCUT2D eigenvalue weighted by Crippen LogP contribution is -2.24. The van der Waals surface area contributed by atoms with Gasteiger partial charge in [-0.05, 0) is 30.5 Å². The highest BCUT2D eigenvalue weighted by atomic mass is 16.1. The van der Waals surface area contributed by atoms with E-state index in [2.05, 4.69) is 29.6 Å². The third-order valence-electron chi connectivity index (χ3n) is 4.01. The normalized spacial score (nSPS) is 19.8. The van der Waals surface area contributed by atoms with Crippen molar-refractivity contribution in [3.63, 3.8) is 0 Å². The topological polar surface area (TPSA) is 29.1 Å². The summed E-state index contributed by atoms with van der Waals surface area (Å²) >= 11 is 0. The van der Waals surface area contributed by atoms with Gasteiger partial charge in [-0.3, -0.25) is 4.79 Å². The molecule has 0 radical (unpaired) electrons. The van der Waals surface area contributed by atoms with Crippen LogP contribution in [-0.4, -0.2) is 5.78 Å². The highest BCUT2D eigenvalue weighted by molar-refractivity contribution is 5.84. The molecule has 0 saturated heterocycles. The number of carbonyl (C=O) groups excluding carboxylic acids is 1. The minimum atomic E-state index is 0.0774. The summed E-state index contributed by atoms with van der Waals surface area (Å²) in [5, 5.41) is 3.55. The molecular formula is C18H19NO. The summed E-state index contributed by atoms with van der Waals surface area (Å²) in [6.45, 7) is 0. The minimum absolute atomic E-state index is 0.0774. The predicted molar refractivity (Wildman–Crippen MR) is 81.6 cm³/mol. The number of anilines is 1. The Kier molecular flexibility index (Phi) is 3.82. The molecule has 2 aromatic rings. The summed E-state index contributed by atoms with van der Waals surface area (Å²) in [5.41, 5.74) is 2.26. The smallest absolute Gasteiger partial charge is 0.138 e. The molecule has 102 valence electrons. The van der Waals surface area contributed by atoms with E-state index in [0.29, 0.717) is 5.78 Å². The number of nitrogens with one attached hydrogen (secondary N) is 1. The SMILES string of the molecule is O=C1CCCC1C(Nc1ccccc1)c1ccccc1. The second-order valence-corrected chi connectivity index (χ2v) is 5.36. The number of hydrogen-bond donors (Lipinski definition) is 1. The number of ketones is 1. The molecule has 2 aromatic carbocycles. The van der Waals surface area contributed by atoms with E-state index < -0.39 is 0 Å². The Morgan fingerprint density at radius 3 is 2.20 bits per heavy atom. The van der Waals surface area contributed by atoms with Gasteiger partial charge >= 0.3 is 0 Å². The van der Waals surface area contributed by atoms with Crippen LogP contribution in [0.4, 0.5) is 5.69 Å². The van der Waals surface area contributed by atoms with Gasteiger partial charge in [0, 0.05) is 18.0 Å². The first-order chi connectivity index (χ1) is 9.84. The van der Waals surface area contributed by atoms with Crippen molar-refractivity contribution in [3.05, 3.63) is 66.2 Å². The Bertz CT molecular complexity index is 564. The van der Waals surface area contributed by atoms with Gasteiger partial charge in [0.1, 0.15) is 5.78 Å². The van der Waals surface area contributed by atoms with Gasteiger partial charge in [0.2, 0.25) is 0 Å². The van der Waals surface area contributed by atoms with E-state index in [1.165, 1.54) is 5.56 Å². The van der Waals surface area contributed by atoms with Crippen LogP contribution in [0.2, 0.25) is 0 Å². The first-order valence-electron chi connectivity index (χ1n) is 7.24. The minimum Gasteiger partial charge on any atom is -0.378 e. The molecule has 1 fully saturated rings. The Morgan fingerprint density at radius 2 is 1.60 bits per heavy atom. The molecule has 2 heteroatoms. The van der Waals surface area contributed by atoms with Crippen LogP contribution in [0.25, 0.3) is 0 Å². The van der Waals surface area contributed by atoms with E-state index in [0.717, 1.165) is 24.9 Å². The third kappa shape index (κ3) is 2.74. The molecule has 3 rings (SSSR count). The number of Topliss-reactive ketones (excluding diaryl/α,β-unsaturated/α-hetero) is 1. The van der Waals surface area contributed by atoms with Gasteiger partial charge in [-0.25, -0.2) is 0 Å². The molecule has 0 amide bonds. The molecular weight excluding hydrogens is 246 g/mol. The third-order valence-corrected chi connectivity index (χ3v) is 4.01. The first-order valence-corrected chi connectivity index (χ1v) is 7.24. The number of carbonyl (C=O) groups is 1. The Labute approximate surface area is 119 Å². The maximum absolute atomic E-state index is 12.1. The summed E-state index contributed by atoms with van der Waals surface area (Å²) in [5.74, 6) is 0.486. The van der Waals surface area contributed by atoms with Crippen molar-refractivity contribution < 1.29 is 4.79 Å². The van der Waals surface area contributed by atoms with E-state index in [-0.39, 0.29) is 12.0 Å². The van der Waals surface area contributed by atoms with Gasteiger partial charge in [-0.15, -0.1) is 0 Å². The van der Waals surface area contributed by atoms with E-state index >= 15 is 0 Å². The molecule has 1 aliphatic rings. The first kappa shape index (κ1) is 12.9. The molecule has 0 aromatic heterocycles. The van der Waals surface area contributed by atoms with Crippen LogP contribution in [0.1, 0.15) is 30.9 Å². The Hall–Kier alpha value is -2.09. The zero-order valence-corrected chi connectivity index (χ0v) is 11.5. The lowest BCUT2D eigenvalue weighted by atomic mass is 9.90. The van der Waals surface area contributed by atoms with Crippen molar-refractivity contribution in [3.8, 4) is 0 Å². The summed E-state index contributed by atoms with van der Waals surface area (Å²) in [4.78, 5) is 12.1. The van der Waals surface area contributed by atoms with E-state index in [9.17, 15) is 4.79 Å². The number of benzene rings is 2. The fraction of sp³-hybridized carbons (Fsp3) is 0.278. The van der Waals surface area contributed by atoms with Crippen LogP contribution in [0, 0.1) is 5.92 Å². The highest BCUT2D eigenvalue weighted by Gasteiger charge is 2.32. The van der Waals surface area contributed by atoms with E-state index in [4.69, 9.17) is 0 Å². The average molecular weight is 265 g/mol. The fourth-order valence-electron chi connectivity index (χ4n) is 2.99. The van der Waals surface area contributed by atoms with Gasteiger partial charge in [0.05, 0.1) is 6.04 Å². The number of rotatable bonds is 4. The van der Waals surface area contributed by atoms with Crippen LogP contribution in [0.5, 0.6) is 0 Å². The second kappa shape index (κ2) is 5.91. The standard InChI is InChI=1S/C18H19NO/c20-17-13-7-12-16(17)18(14-8-3-1-4-9-14)19-15-10-5-2-6-11-15/h1-6,8-11,16,18-19H,7,12-13H2. The lowest BCUT2D eigenvalue weighted by Gasteiger charge is -2.25. The summed E-state index contributed by atoms with van der Waals surface area (Å²) < 4.78 is 0. The van der Waals surface area contributed by atoms with Crippen molar-refractivity contribution in [2.75, 3.05) is 5.32 Å². The summed E-state index contributed by atoms with van der Waals surface area (Å²) in [6, 6.07) is 20.5. The van der Waals surface area contributed by atoms with Gasteiger partial charge in [0.25, 0.3) is 0 Å². The Balaban J connectivity index is 1.89. The molecule has 2 nitrogen and oxygen atoms in total. The molecule has 1 aliphatic carbocycles. The molecule has 0 aliphatic heterocycles. The van der Waals surface area contributed by atoms with Gasteiger partial charge in [-0.2, -0.15) is 0 Å². The van der Waals surface area contributed by atoms with Crippen molar-refractivity contribution in [2.24, 2.45) is 5.92 Å². The van der Waals surface area contributed by atoms with E-state index in [1.807, 2.05) is 36.4 Å². The molecule has 0 heterocycles. The molecule has 2 atom stereocenters. The average Bonchev–Trinajstić information content (AvgIpc) is 2.93. The van der Waals surface area contributed by atoms with Gasteiger partial charge < -0.3 is 5.32 Å². The number of hydrogen-bond acceptors (Lipinski definition) is 2. The molecule has 1 saturated carbocycles. The van der Waals surface area contributed by atoms with Crippen molar-refractivity contribution in [1.29, 1.82) is 0 Å². The predicted octanol–water partition coefficient (Wildman–Crippen LogP) is 4.21. The zero-order valence-electron chi connectivity index (χ0n) is 11.5. The second-order valence-electron chi connectivity index (χ2n) is 5.36. The van der Waals surface area contributed by atoms with Crippen molar-refractivity contribution in [2.45, 2.75) is 25.3 Å². The summed E-state index contributed by atoms with van der Waals surface area (Å²) in [7, 11) is 0. The maximum atomic E-state index is 12.1. The quantitative estimate of drug-likeness (QED) is 0.897. The Morgan fingerprint density at radius 1 is 0.950 bits per heavy atom. The molecule has 0 bridgehead atoms. The largest absolute Gasteiger partial charge is 0.378 e. The van der Waals surface area contributed by atoms with Gasteiger partial charge in [-0.1, -0.05) is 48.5 Å². The van der Waals surface area contributed by atoms with Crippen LogP contribution < -0.4 is 5.32 Å². The molecule has 0 spiro atoms. The van der Waals surface area contributed by atoms with Crippen LogP contribution in [-0.2, 0) is 4.79 Å². The van der Waals surface area contributed by atoms with Gasteiger partial charge in [0.15, 0.2) is 0 Å². The lowest BCUT2D eigenvalue weighted by molar-refractivity contribution is -0.121. The fourth-order valence-corrected chi connectivity index (χ4v) is 2.99. The molecule has 2 unspecified atom stereocenters. The highest BCUT2D eigenvalue weighted by Crippen LogP contribution is 2.35. The van der Waals surface area contributed by atoms with Crippen molar-refractivity contribution >= 4 is 11.5 Å². The monoisotopic (exact) mass is 265 g/mol. The van der Waals surface area contributed by atoms with Crippen LogP contribution in [0.15, 0.2) is 60.7 Å².